The lowest BCUT2D eigenvalue weighted by Crippen LogP contribution is -2.16. The maximum absolute atomic E-state index is 9.32. The molecule has 0 saturated carbocycles. The number of nitrogens with one attached hydrogen (secondary N) is 1. The Labute approximate surface area is 143 Å². The predicted molar refractivity (Wildman–Crippen MR) is 95.6 cm³/mol. The van der Waals surface area contributed by atoms with Crippen LogP contribution in [0.15, 0.2) is 36.4 Å². The number of aromatic hydroxyl groups is 1. The second-order valence-electron chi connectivity index (χ2n) is 5.66. The van der Waals surface area contributed by atoms with Gasteiger partial charge in [-0.05, 0) is 37.5 Å². The average molecular weight is 331 g/mol. The highest BCUT2D eigenvalue weighted by Gasteiger charge is 2.14. The Morgan fingerprint density at radius 1 is 0.958 bits per heavy atom. The van der Waals surface area contributed by atoms with Gasteiger partial charge in [0.2, 0.25) is 5.75 Å². The standard InChI is InChI=1S/C19H25NO4/c1-13(5-6-14-7-9-16(21)10-8-14)20-15-11-17(22-2)19(24-4)18(12-15)23-3/h7-13,20-21H,5-6H2,1-4H3. The summed E-state index contributed by atoms with van der Waals surface area (Å²) < 4.78 is 16.1. The molecule has 0 saturated heterocycles. The molecule has 0 bridgehead atoms. The zero-order chi connectivity index (χ0) is 17.5. The van der Waals surface area contributed by atoms with Gasteiger partial charge in [0.25, 0.3) is 0 Å². The minimum atomic E-state index is 0.265. The summed E-state index contributed by atoms with van der Waals surface area (Å²) in [5.41, 5.74) is 2.12. The van der Waals surface area contributed by atoms with E-state index in [0.29, 0.717) is 23.0 Å². The smallest absolute Gasteiger partial charge is 0.203 e. The topological polar surface area (TPSA) is 60.0 Å². The molecule has 0 aliphatic rings. The van der Waals surface area contributed by atoms with Crippen molar-refractivity contribution < 1.29 is 19.3 Å². The Kier molecular flexibility index (Phi) is 6.18. The van der Waals surface area contributed by atoms with Gasteiger partial charge in [-0.1, -0.05) is 12.1 Å². The van der Waals surface area contributed by atoms with E-state index in [1.807, 2.05) is 24.3 Å². The largest absolute Gasteiger partial charge is 0.508 e. The maximum atomic E-state index is 9.32. The molecule has 0 aromatic heterocycles. The SMILES string of the molecule is COc1cc(NC(C)CCc2ccc(O)cc2)cc(OC)c1OC. The first-order valence-corrected chi connectivity index (χ1v) is 7.91. The molecule has 5 heteroatoms. The lowest BCUT2D eigenvalue weighted by atomic mass is 10.1. The van der Waals surface area contributed by atoms with Crippen molar-refractivity contribution in [1.82, 2.24) is 0 Å². The van der Waals surface area contributed by atoms with Gasteiger partial charge in [-0.15, -0.1) is 0 Å². The molecule has 1 atom stereocenters. The van der Waals surface area contributed by atoms with Gasteiger partial charge in [0, 0.05) is 23.9 Å². The number of methoxy groups -OCH3 is 3. The summed E-state index contributed by atoms with van der Waals surface area (Å²) in [7, 11) is 4.80. The molecule has 2 aromatic rings. The van der Waals surface area contributed by atoms with Crippen LogP contribution < -0.4 is 19.5 Å². The zero-order valence-corrected chi connectivity index (χ0v) is 14.6. The third kappa shape index (κ3) is 4.47. The van der Waals surface area contributed by atoms with Crippen molar-refractivity contribution in [2.45, 2.75) is 25.8 Å². The molecule has 0 fully saturated rings. The van der Waals surface area contributed by atoms with Gasteiger partial charge in [-0.25, -0.2) is 0 Å². The molecule has 2 N–H and O–H groups in total. The number of anilines is 1. The van der Waals surface area contributed by atoms with Crippen molar-refractivity contribution in [3.8, 4) is 23.0 Å². The quantitative estimate of drug-likeness (QED) is 0.769. The molecular formula is C19H25NO4. The average Bonchev–Trinajstić information content (AvgIpc) is 2.60. The Balaban J connectivity index is 2.02. The number of rotatable bonds is 8. The van der Waals surface area contributed by atoms with E-state index >= 15 is 0 Å². The van der Waals surface area contributed by atoms with Crippen molar-refractivity contribution >= 4 is 5.69 Å². The molecule has 1 unspecified atom stereocenters. The number of benzene rings is 2. The van der Waals surface area contributed by atoms with E-state index in [-0.39, 0.29) is 6.04 Å². The fraction of sp³-hybridized carbons (Fsp3) is 0.368. The van der Waals surface area contributed by atoms with E-state index in [4.69, 9.17) is 14.2 Å². The minimum Gasteiger partial charge on any atom is -0.508 e. The molecule has 0 heterocycles. The lowest BCUT2D eigenvalue weighted by molar-refractivity contribution is 0.324. The molecule has 24 heavy (non-hydrogen) atoms. The van der Waals surface area contributed by atoms with Gasteiger partial charge in [0.05, 0.1) is 21.3 Å². The first-order valence-electron chi connectivity index (χ1n) is 7.91. The molecular weight excluding hydrogens is 306 g/mol. The van der Waals surface area contributed by atoms with Gasteiger partial charge in [-0.3, -0.25) is 0 Å². The van der Waals surface area contributed by atoms with E-state index in [2.05, 4.69) is 12.2 Å². The molecule has 2 rings (SSSR count). The van der Waals surface area contributed by atoms with E-state index in [1.54, 1.807) is 33.5 Å². The van der Waals surface area contributed by atoms with Crippen LogP contribution in [0.5, 0.6) is 23.0 Å². The molecule has 0 amide bonds. The van der Waals surface area contributed by atoms with Crippen molar-refractivity contribution in [2.24, 2.45) is 0 Å². The second kappa shape index (κ2) is 8.34. The first-order chi connectivity index (χ1) is 11.6. The highest BCUT2D eigenvalue weighted by atomic mass is 16.5. The van der Waals surface area contributed by atoms with E-state index in [0.717, 1.165) is 18.5 Å². The Bertz CT molecular complexity index is 630. The number of phenolic OH excluding ortho intramolecular Hbond substituents is 1. The van der Waals surface area contributed by atoms with Crippen molar-refractivity contribution in [3.63, 3.8) is 0 Å². The van der Waals surface area contributed by atoms with Crippen LogP contribution >= 0.6 is 0 Å². The van der Waals surface area contributed by atoms with Crippen molar-refractivity contribution in [3.05, 3.63) is 42.0 Å². The monoisotopic (exact) mass is 331 g/mol. The van der Waals surface area contributed by atoms with E-state index in [1.165, 1.54) is 5.56 Å². The minimum absolute atomic E-state index is 0.265. The van der Waals surface area contributed by atoms with Crippen LogP contribution in [0.1, 0.15) is 18.9 Å². The number of ether oxygens (including phenoxy) is 3. The van der Waals surface area contributed by atoms with E-state index in [9.17, 15) is 5.11 Å². The molecule has 0 aliphatic carbocycles. The highest BCUT2D eigenvalue weighted by molar-refractivity contribution is 5.62. The van der Waals surface area contributed by atoms with Gasteiger partial charge in [-0.2, -0.15) is 0 Å². The number of hydrogen-bond acceptors (Lipinski definition) is 5. The summed E-state index contributed by atoms with van der Waals surface area (Å²) in [6, 6.07) is 11.4. The van der Waals surface area contributed by atoms with Crippen LogP contribution in [-0.4, -0.2) is 32.5 Å². The molecule has 5 nitrogen and oxygen atoms in total. The normalized spacial score (nSPS) is 11.7. The predicted octanol–water partition coefficient (Wildman–Crippen LogP) is 3.85. The lowest BCUT2D eigenvalue weighted by Gasteiger charge is -2.18. The van der Waals surface area contributed by atoms with Crippen LogP contribution in [0, 0.1) is 0 Å². The van der Waals surface area contributed by atoms with Crippen molar-refractivity contribution in [1.29, 1.82) is 0 Å². The molecule has 2 aromatic carbocycles. The number of phenols is 1. The maximum Gasteiger partial charge on any atom is 0.203 e. The van der Waals surface area contributed by atoms with Crippen LogP contribution in [0.2, 0.25) is 0 Å². The summed E-state index contributed by atoms with van der Waals surface area (Å²) in [5.74, 6) is 2.14. The van der Waals surface area contributed by atoms with Crippen LogP contribution in [0.4, 0.5) is 5.69 Å². The van der Waals surface area contributed by atoms with Gasteiger partial charge >= 0.3 is 0 Å². The fourth-order valence-corrected chi connectivity index (χ4v) is 2.57. The van der Waals surface area contributed by atoms with Gasteiger partial charge in [0.15, 0.2) is 11.5 Å². The first kappa shape index (κ1) is 17.8. The fourth-order valence-electron chi connectivity index (χ4n) is 2.57. The number of aryl methyl sites for hydroxylation is 1. The van der Waals surface area contributed by atoms with Gasteiger partial charge in [0.1, 0.15) is 5.75 Å². The molecule has 130 valence electrons. The Morgan fingerprint density at radius 2 is 1.54 bits per heavy atom. The summed E-state index contributed by atoms with van der Waals surface area (Å²) in [6.07, 6.45) is 1.89. The molecule has 0 spiro atoms. The second-order valence-corrected chi connectivity index (χ2v) is 5.66. The molecule has 0 aliphatic heterocycles. The summed E-state index contributed by atoms with van der Waals surface area (Å²) >= 11 is 0. The van der Waals surface area contributed by atoms with Crippen molar-refractivity contribution in [2.75, 3.05) is 26.6 Å². The van der Waals surface area contributed by atoms with E-state index < -0.39 is 0 Å². The summed E-state index contributed by atoms with van der Waals surface area (Å²) in [5, 5.41) is 12.8. The summed E-state index contributed by atoms with van der Waals surface area (Å²) in [4.78, 5) is 0. The Morgan fingerprint density at radius 3 is 2.04 bits per heavy atom. The third-order valence-electron chi connectivity index (χ3n) is 3.88. The zero-order valence-electron chi connectivity index (χ0n) is 14.6. The van der Waals surface area contributed by atoms with Crippen LogP contribution in [0.3, 0.4) is 0 Å². The third-order valence-corrected chi connectivity index (χ3v) is 3.88. The molecule has 0 radical (unpaired) electrons. The Hall–Kier alpha value is -2.56. The summed E-state index contributed by atoms with van der Waals surface area (Å²) in [6.45, 7) is 2.13. The highest BCUT2D eigenvalue weighted by Crippen LogP contribution is 2.40. The van der Waals surface area contributed by atoms with Crippen LogP contribution in [-0.2, 0) is 6.42 Å². The number of hydrogen-bond donors (Lipinski definition) is 2. The van der Waals surface area contributed by atoms with Crippen LogP contribution in [0.25, 0.3) is 0 Å². The van der Waals surface area contributed by atoms with Gasteiger partial charge < -0.3 is 24.6 Å².